The van der Waals surface area contributed by atoms with Crippen LogP contribution in [0.15, 0.2) is 36.4 Å². The molecule has 1 nitrogen and oxygen atoms in total. The first-order valence-electron chi connectivity index (χ1n) is 6.39. The largest absolute Gasteiger partial charge is 0.381 e. The first kappa shape index (κ1) is 13.8. The van der Waals surface area contributed by atoms with Crippen molar-refractivity contribution in [2.45, 2.75) is 33.3 Å². The van der Waals surface area contributed by atoms with Crippen LogP contribution < -0.4 is 0 Å². The SMILES string of the molecule is Cc1ccc(F)c(C(C)(O)c2ccc(C)c(C)c2)c1. The van der Waals surface area contributed by atoms with Crippen molar-refractivity contribution >= 4 is 0 Å². The van der Waals surface area contributed by atoms with Crippen molar-refractivity contribution < 1.29 is 9.50 Å². The highest BCUT2D eigenvalue weighted by Crippen LogP contribution is 2.32. The lowest BCUT2D eigenvalue weighted by atomic mass is 9.86. The third-order valence-electron chi connectivity index (χ3n) is 3.72. The second kappa shape index (κ2) is 4.78. The molecule has 0 saturated heterocycles. The van der Waals surface area contributed by atoms with E-state index in [-0.39, 0.29) is 5.82 Å². The van der Waals surface area contributed by atoms with Crippen LogP contribution in [0.2, 0.25) is 0 Å². The molecular weight excluding hydrogens is 239 g/mol. The van der Waals surface area contributed by atoms with E-state index in [0.29, 0.717) is 11.1 Å². The number of aryl methyl sites for hydroxylation is 3. The molecule has 0 aromatic heterocycles. The third kappa shape index (κ3) is 2.54. The lowest BCUT2D eigenvalue weighted by molar-refractivity contribution is 0.0978. The zero-order valence-corrected chi connectivity index (χ0v) is 11.8. The van der Waals surface area contributed by atoms with Crippen molar-refractivity contribution in [1.29, 1.82) is 0 Å². The van der Waals surface area contributed by atoms with E-state index in [0.717, 1.165) is 16.7 Å². The smallest absolute Gasteiger partial charge is 0.129 e. The molecule has 0 bridgehead atoms. The van der Waals surface area contributed by atoms with Gasteiger partial charge in [0.15, 0.2) is 0 Å². The Kier molecular flexibility index (Phi) is 3.46. The van der Waals surface area contributed by atoms with Gasteiger partial charge in [0.05, 0.1) is 0 Å². The Morgan fingerprint density at radius 3 is 2.26 bits per heavy atom. The first-order chi connectivity index (χ1) is 8.82. The van der Waals surface area contributed by atoms with Gasteiger partial charge in [0.1, 0.15) is 11.4 Å². The quantitative estimate of drug-likeness (QED) is 0.863. The van der Waals surface area contributed by atoms with E-state index in [9.17, 15) is 9.50 Å². The number of halogens is 1. The Morgan fingerprint density at radius 1 is 0.947 bits per heavy atom. The Balaban J connectivity index is 2.57. The summed E-state index contributed by atoms with van der Waals surface area (Å²) in [5.41, 5.74) is 2.88. The molecule has 2 rings (SSSR count). The summed E-state index contributed by atoms with van der Waals surface area (Å²) in [7, 11) is 0. The van der Waals surface area contributed by atoms with Gasteiger partial charge >= 0.3 is 0 Å². The van der Waals surface area contributed by atoms with Gasteiger partial charge in [-0.15, -0.1) is 0 Å². The van der Waals surface area contributed by atoms with Gasteiger partial charge < -0.3 is 5.11 Å². The summed E-state index contributed by atoms with van der Waals surface area (Å²) < 4.78 is 14.0. The molecule has 0 amide bonds. The lowest BCUT2D eigenvalue weighted by Gasteiger charge is -2.26. The third-order valence-corrected chi connectivity index (χ3v) is 3.72. The van der Waals surface area contributed by atoms with Crippen LogP contribution in [-0.2, 0) is 5.60 Å². The molecule has 1 atom stereocenters. The van der Waals surface area contributed by atoms with Gasteiger partial charge in [-0.25, -0.2) is 4.39 Å². The second-order valence-corrected chi connectivity index (χ2v) is 5.35. The predicted molar refractivity (Wildman–Crippen MR) is 75.7 cm³/mol. The van der Waals surface area contributed by atoms with Crippen LogP contribution in [0, 0.1) is 26.6 Å². The Hall–Kier alpha value is -1.67. The standard InChI is InChI=1S/C17H19FO/c1-11-5-8-16(18)15(9-11)17(4,19)14-7-6-12(2)13(3)10-14/h5-10,19H,1-4H3. The minimum Gasteiger partial charge on any atom is -0.381 e. The van der Waals surface area contributed by atoms with Crippen LogP contribution in [0.5, 0.6) is 0 Å². The maximum atomic E-state index is 14.0. The van der Waals surface area contributed by atoms with Crippen LogP contribution in [0.4, 0.5) is 4.39 Å². The van der Waals surface area contributed by atoms with Crippen LogP contribution in [0.25, 0.3) is 0 Å². The fraction of sp³-hybridized carbons (Fsp3) is 0.294. The molecule has 1 N–H and O–H groups in total. The van der Waals surface area contributed by atoms with Crippen molar-refractivity contribution in [3.05, 3.63) is 70.0 Å². The molecule has 0 spiro atoms. The van der Waals surface area contributed by atoms with Crippen molar-refractivity contribution in [2.24, 2.45) is 0 Å². The highest BCUT2D eigenvalue weighted by Gasteiger charge is 2.29. The fourth-order valence-corrected chi connectivity index (χ4v) is 2.21. The van der Waals surface area contributed by atoms with Crippen molar-refractivity contribution in [3.8, 4) is 0 Å². The van der Waals surface area contributed by atoms with Gasteiger partial charge in [-0.3, -0.25) is 0 Å². The molecule has 100 valence electrons. The van der Waals surface area contributed by atoms with E-state index in [2.05, 4.69) is 0 Å². The van der Waals surface area contributed by atoms with E-state index < -0.39 is 5.60 Å². The molecule has 2 aromatic rings. The summed E-state index contributed by atoms with van der Waals surface area (Å²) >= 11 is 0. The molecule has 19 heavy (non-hydrogen) atoms. The Morgan fingerprint density at radius 2 is 1.63 bits per heavy atom. The zero-order chi connectivity index (χ0) is 14.2. The van der Waals surface area contributed by atoms with Gasteiger partial charge in [0.2, 0.25) is 0 Å². The van der Waals surface area contributed by atoms with Gasteiger partial charge in [0, 0.05) is 5.56 Å². The monoisotopic (exact) mass is 258 g/mol. The molecule has 0 radical (unpaired) electrons. The van der Waals surface area contributed by atoms with Crippen molar-refractivity contribution in [2.75, 3.05) is 0 Å². The molecule has 0 aliphatic carbocycles. The van der Waals surface area contributed by atoms with E-state index in [1.54, 1.807) is 19.1 Å². The van der Waals surface area contributed by atoms with E-state index in [4.69, 9.17) is 0 Å². The first-order valence-corrected chi connectivity index (χ1v) is 6.39. The molecule has 0 heterocycles. The summed E-state index contributed by atoms with van der Waals surface area (Å²) in [6.07, 6.45) is 0. The average Bonchev–Trinajstić information content (AvgIpc) is 2.35. The molecule has 0 aliphatic heterocycles. The average molecular weight is 258 g/mol. The zero-order valence-electron chi connectivity index (χ0n) is 11.8. The maximum Gasteiger partial charge on any atom is 0.129 e. The molecule has 0 aliphatic rings. The highest BCUT2D eigenvalue weighted by molar-refractivity contribution is 5.41. The number of hydrogen-bond acceptors (Lipinski definition) is 1. The lowest BCUT2D eigenvalue weighted by Crippen LogP contribution is -2.24. The van der Waals surface area contributed by atoms with E-state index >= 15 is 0 Å². The Labute approximate surface area is 113 Å². The Bertz CT molecular complexity index is 615. The molecule has 1 unspecified atom stereocenters. The summed E-state index contributed by atoms with van der Waals surface area (Å²) in [4.78, 5) is 0. The number of hydrogen-bond donors (Lipinski definition) is 1. The normalized spacial score (nSPS) is 14.2. The predicted octanol–water partition coefficient (Wildman–Crippen LogP) is 4.01. The van der Waals surface area contributed by atoms with Crippen LogP contribution in [-0.4, -0.2) is 5.11 Å². The summed E-state index contributed by atoms with van der Waals surface area (Å²) in [6.45, 7) is 7.52. The van der Waals surface area contributed by atoms with Crippen LogP contribution in [0.3, 0.4) is 0 Å². The molecule has 0 fully saturated rings. The van der Waals surface area contributed by atoms with Crippen LogP contribution >= 0.6 is 0 Å². The van der Waals surface area contributed by atoms with Gasteiger partial charge in [-0.2, -0.15) is 0 Å². The summed E-state index contributed by atoms with van der Waals surface area (Å²) in [5.74, 6) is -0.381. The van der Waals surface area contributed by atoms with E-state index in [1.165, 1.54) is 6.07 Å². The molecule has 0 saturated carbocycles. The number of benzene rings is 2. The highest BCUT2D eigenvalue weighted by atomic mass is 19.1. The van der Waals surface area contributed by atoms with Crippen LogP contribution in [0.1, 0.15) is 34.7 Å². The molecular formula is C17H19FO. The molecule has 2 heteroatoms. The second-order valence-electron chi connectivity index (χ2n) is 5.35. The summed E-state index contributed by atoms with van der Waals surface area (Å²) in [5, 5.41) is 10.7. The fourth-order valence-electron chi connectivity index (χ4n) is 2.21. The minimum atomic E-state index is -1.32. The van der Waals surface area contributed by atoms with Gasteiger partial charge in [-0.1, -0.05) is 29.8 Å². The van der Waals surface area contributed by atoms with Gasteiger partial charge in [0.25, 0.3) is 0 Å². The molecule has 2 aromatic carbocycles. The minimum absolute atomic E-state index is 0.316. The topological polar surface area (TPSA) is 20.2 Å². The van der Waals surface area contributed by atoms with Crippen molar-refractivity contribution in [1.82, 2.24) is 0 Å². The van der Waals surface area contributed by atoms with E-state index in [1.807, 2.05) is 39.0 Å². The number of rotatable bonds is 2. The van der Waals surface area contributed by atoms with Gasteiger partial charge in [-0.05, 0) is 56.5 Å². The summed E-state index contributed by atoms with van der Waals surface area (Å²) in [6, 6.07) is 10.5. The maximum absolute atomic E-state index is 14.0. The number of aliphatic hydroxyl groups is 1. The van der Waals surface area contributed by atoms with Crippen molar-refractivity contribution in [3.63, 3.8) is 0 Å².